The molecule has 2 atom stereocenters. The normalized spacial score (nSPS) is 28.7. The van der Waals surface area contributed by atoms with Crippen LogP contribution in [0.4, 0.5) is 0 Å². The SMILES string of the molecule is Oc1ccc(CC2SC2C2CCCCCCC2)cc1C1CCCCCCC1. The van der Waals surface area contributed by atoms with Crippen LogP contribution in [0.3, 0.4) is 0 Å². The Labute approximate surface area is 170 Å². The Morgan fingerprint density at radius 2 is 1.37 bits per heavy atom. The second-order valence-corrected chi connectivity index (χ2v) is 10.8. The molecule has 2 heteroatoms. The van der Waals surface area contributed by atoms with Crippen LogP contribution in [0, 0.1) is 5.92 Å². The van der Waals surface area contributed by atoms with E-state index in [1.54, 1.807) is 0 Å². The van der Waals surface area contributed by atoms with Crippen molar-refractivity contribution in [2.45, 2.75) is 113 Å². The molecular formula is C25H38OS. The lowest BCUT2D eigenvalue weighted by Crippen LogP contribution is -2.13. The molecule has 2 aliphatic carbocycles. The van der Waals surface area contributed by atoms with E-state index in [4.69, 9.17) is 0 Å². The van der Waals surface area contributed by atoms with Gasteiger partial charge in [-0.15, -0.1) is 0 Å². The Kier molecular flexibility index (Phi) is 7.08. The van der Waals surface area contributed by atoms with Gasteiger partial charge in [-0.05, 0) is 61.1 Å². The zero-order valence-corrected chi connectivity index (χ0v) is 17.8. The standard InChI is InChI=1S/C25H38OS/c26-23-16-15-19(17-22(23)20-11-7-3-1-4-8-12-20)18-24-25(27-24)21-13-9-5-2-6-10-14-21/h15-17,20-21,24-26H,1-14,18H2. The van der Waals surface area contributed by atoms with E-state index < -0.39 is 0 Å². The van der Waals surface area contributed by atoms with Gasteiger partial charge in [0.25, 0.3) is 0 Å². The number of aromatic hydroxyl groups is 1. The molecule has 4 rings (SSSR count). The van der Waals surface area contributed by atoms with Crippen LogP contribution >= 0.6 is 11.8 Å². The van der Waals surface area contributed by atoms with Crippen molar-refractivity contribution in [1.29, 1.82) is 0 Å². The van der Waals surface area contributed by atoms with E-state index in [1.165, 1.54) is 107 Å². The van der Waals surface area contributed by atoms with Gasteiger partial charge in [0.05, 0.1) is 0 Å². The van der Waals surface area contributed by atoms with Crippen molar-refractivity contribution >= 4 is 11.8 Å². The summed E-state index contributed by atoms with van der Waals surface area (Å²) in [4.78, 5) is 0. The molecule has 1 aromatic carbocycles. The molecule has 150 valence electrons. The molecule has 0 radical (unpaired) electrons. The topological polar surface area (TPSA) is 20.2 Å². The predicted molar refractivity (Wildman–Crippen MR) is 118 cm³/mol. The lowest BCUT2D eigenvalue weighted by atomic mass is 9.84. The molecule has 1 aromatic rings. The third-order valence-electron chi connectivity index (χ3n) is 7.31. The smallest absolute Gasteiger partial charge is 0.119 e. The molecule has 2 saturated carbocycles. The Morgan fingerprint density at radius 1 is 0.778 bits per heavy atom. The summed E-state index contributed by atoms with van der Waals surface area (Å²) in [5.74, 6) is 2.10. The molecule has 0 spiro atoms. The largest absolute Gasteiger partial charge is 0.508 e. The maximum absolute atomic E-state index is 10.5. The van der Waals surface area contributed by atoms with Gasteiger partial charge in [-0.2, -0.15) is 11.8 Å². The highest BCUT2D eigenvalue weighted by molar-refractivity contribution is 8.07. The predicted octanol–water partition coefficient (Wildman–Crippen LogP) is 7.61. The average Bonchev–Trinajstić information content (AvgIpc) is 3.35. The molecule has 3 fully saturated rings. The number of benzene rings is 1. The second-order valence-electron chi connectivity index (χ2n) is 9.38. The number of thioether (sulfide) groups is 1. The average molecular weight is 387 g/mol. The maximum Gasteiger partial charge on any atom is 0.119 e. The summed E-state index contributed by atoms with van der Waals surface area (Å²) >= 11 is 2.24. The minimum Gasteiger partial charge on any atom is -0.508 e. The summed E-state index contributed by atoms with van der Waals surface area (Å²) in [5, 5.41) is 12.3. The number of phenols is 1. The van der Waals surface area contributed by atoms with Crippen LogP contribution in [0.1, 0.15) is 107 Å². The number of rotatable bonds is 4. The Balaban J connectivity index is 1.37. The highest BCUT2D eigenvalue weighted by atomic mass is 32.2. The summed E-state index contributed by atoms with van der Waals surface area (Å²) in [6, 6.07) is 6.55. The van der Waals surface area contributed by atoms with E-state index in [2.05, 4.69) is 23.9 Å². The van der Waals surface area contributed by atoms with Gasteiger partial charge < -0.3 is 5.11 Å². The first-order valence-electron chi connectivity index (χ1n) is 11.8. The first-order valence-corrected chi connectivity index (χ1v) is 12.7. The molecule has 0 amide bonds. The van der Waals surface area contributed by atoms with E-state index in [0.717, 1.165) is 16.4 Å². The molecule has 1 heterocycles. The summed E-state index contributed by atoms with van der Waals surface area (Å²) in [6.07, 6.45) is 20.8. The van der Waals surface area contributed by atoms with Crippen molar-refractivity contribution in [3.05, 3.63) is 29.3 Å². The summed E-state index contributed by atoms with van der Waals surface area (Å²) in [5.41, 5.74) is 2.72. The first-order chi connectivity index (χ1) is 13.3. The Bertz CT molecular complexity index is 582. The van der Waals surface area contributed by atoms with Gasteiger partial charge in [0.2, 0.25) is 0 Å². The monoisotopic (exact) mass is 386 g/mol. The fraction of sp³-hybridized carbons (Fsp3) is 0.760. The zero-order valence-electron chi connectivity index (χ0n) is 17.0. The van der Waals surface area contributed by atoms with Gasteiger partial charge in [0.15, 0.2) is 0 Å². The van der Waals surface area contributed by atoms with Crippen molar-refractivity contribution in [3.63, 3.8) is 0 Å². The number of phenolic OH excluding ortho intramolecular Hbond substituents is 1. The second kappa shape index (κ2) is 9.72. The van der Waals surface area contributed by atoms with Crippen molar-refractivity contribution in [1.82, 2.24) is 0 Å². The molecule has 2 unspecified atom stereocenters. The molecule has 0 bridgehead atoms. The highest BCUT2D eigenvalue weighted by Gasteiger charge is 2.43. The van der Waals surface area contributed by atoms with Crippen LogP contribution in [0.15, 0.2) is 18.2 Å². The first kappa shape index (κ1) is 19.7. The van der Waals surface area contributed by atoms with Gasteiger partial charge in [0, 0.05) is 10.5 Å². The summed E-state index contributed by atoms with van der Waals surface area (Å²) in [6.45, 7) is 0. The van der Waals surface area contributed by atoms with E-state index in [0.29, 0.717) is 11.7 Å². The van der Waals surface area contributed by atoms with Gasteiger partial charge in [0.1, 0.15) is 5.75 Å². The maximum atomic E-state index is 10.5. The van der Waals surface area contributed by atoms with E-state index >= 15 is 0 Å². The summed E-state index contributed by atoms with van der Waals surface area (Å²) in [7, 11) is 0. The number of hydrogen-bond donors (Lipinski definition) is 1. The van der Waals surface area contributed by atoms with Gasteiger partial charge in [-0.25, -0.2) is 0 Å². The molecule has 1 aliphatic heterocycles. The lowest BCUT2D eigenvalue weighted by Gasteiger charge is -2.22. The van der Waals surface area contributed by atoms with Crippen LogP contribution < -0.4 is 0 Å². The van der Waals surface area contributed by atoms with Crippen molar-refractivity contribution < 1.29 is 5.11 Å². The third kappa shape index (κ3) is 5.46. The molecule has 1 saturated heterocycles. The lowest BCUT2D eigenvalue weighted by molar-refractivity contribution is 0.379. The Morgan fingerprint density at radius 3 is 2.04 bits per heavy atom. The molecule has 0 aromatic heterocycles. The van der Waals surface area contributed by atoms with Crippen molar-refractivity contribution in [3.8, 4) is 5.75 Å². The van der Waals surface area contributed by atoms with Gasteiger partial charge in [-0.3, -0.25) is 0 Å². The van der Waals surface area contributed by atoms with Crippen molar-refractivity contribution in [2.24, 2.45) is 5.92 Å². The molecular weight excluding hydrogens is 348 g/mol. The minimum absolute atomic E-state index is 0.546. The fourth-order valence-corrected chi connectivity index (χ4v) is 7.02. The molecule has 1 N–H and O–H groups in total. The van der Waals surface area contributed by atoms with Gasteiger partial charge >= 0.3 is 0 Å². The van der Waals surface area contributed by atoms with Crippen LogP contribution in [0.25, 0.3) is 0 Å². The van der Waals surface area contributed by atoms with E-state index in [9.17, 15) is 5.11 Å². The molecule has 27 heavy (non-hydrogen) atoms. The fourth-order valence-electron chi connectivity index (χ4n) is 5.61. The van der Waals surface area contributed by atoms with Crippen LogP contribution in [-0.2, 0) is 6.42 Å². The number of hydrogen-bond acceptors (Lipinski definition) is 2. The van der Waals surface area contributed by atoms with Crippen LogP contribution in [0.5, 0.6) is 5.75 Å². The zero-order chi connectivity index (χ0) is 18.5. The van der Waals surface area contributed by atoms with Crippen molar-refractivity contribution in [2.75, 3.05) is 0 Å². The summed E-state index contributed by atoms with van der Waals surface area (Å²) < 4.78 is 0. The minimum atomic E-state index is 0.546. The van der Waals surface area contributed by atoms with Crippen LogP contribution in [0.2, 0.25) is 0 Å². The highest BCUT2D eigenvalue weighted by Crippen LogP contribution is 2.51. The third-order valence-corrected chi connectivity index (χ3v) is 8.83. The van der Waals surface area contributed by atoms with Gasteiger partial charge in [-0.1, -0.05) is 76.3 Å². The van der Waals surface area contributed by atoms with Crippen LogP contribution in [-0.4, -0.2) is 15.6 Å². The quantitative estimate of drug-likeness (QED) is 0.537. The van der Waals surface area contributed by atoms with E-state index in [-0.39, 0.29) is 0 Å². The van der Waals surface area contributed by atoms with E-state index in [1.807, 2.05) is 6.07 Å². The molecule has 3 aliphatic rings. The molecule has 1 nitrogen and oxygen atoms in total. The Hall–Kier alpha value is -0.630.